The quantitative estimate of drug-likeness (QED) is 0.906. The predicted molar refractivity (Wildman–Crippen MR) is 89.6 cm³/mol. The summed E-state index contributed by atoms with van der Waals surface area (Å²) in [6.45, 7) is 4.69. The third kappa shape index (κ3) is 2.61. The van der Waals surface area contributed by atoms with Crippen LogP contribution in [-0.4, -0.2) is 19.0 Å². The second-order valence-electron chi connectivity index (χ2n) is 6.61. The highest BCUT2D eigenvalue weighted by molar-refractivity contribution is 5.87. The van der Waals surface area contributed by atoms with Gasteiger partial charge in [-0.15, -0.1) is 0 Å². The van der Waals surface area contributed by atoms with Gasteiger partial charge in [0.25, 0.3) is 0 Å². The van der Waals surface area contributed by atoms with Crippen LogP contribution in [0.4, 0.5) is 10.5 Å². The molecular weight excluding hydrogens is 306 g/mol. The smallest absolute Gasteiger partial charge is 0.417 e. The largest absolute Gasteiger partial charge is 0.465 e. The maximum Gasteiger partial charge on any atom is 0.417 e. The highest BCUT2D eigenvalue weighted by Crippen LogP contribution is 2.47. The molecule has 0 aliphatic carbocycles. The molecule has 0 saturated carbocycles. The summed E-state index contributed by atoms with van der Waals surface area (Å²) in [5, 5.41) is 2.76. The van der Waals surface area contributed by atoms with Crippen LogP contribution in [0, 0.1) is 6.92 Å². The molecular formula is C19H19NO4. The van der Waals surface area contributed by atoms with Gasteiger partial charge in [-0.05, 0) is 36.8 Å². The number of aryl methyl sites for hydroxylation is 1. The topological polar surface area (TPSA) is 56.8 Å². The Bertz CT molecular complexity index is 804. The lowest BCUT2D eigenvalue weighted by Crippen LogP contribution is -2.29. The van der Waals surface area contributed by atoms with Crippen molar-refractivity contribution < 1.29 is 19.0 Å². The van der Waals surface area contributed by atoms with Crippen LogP contribution in [0.5, 0.6) is 11.5 Å². The van der Waals surface area contributed by atoms with Gasteiger partial charge in [-0.3, -0.25) is 5.32 Å². The summed E-state index contributed by atoms with van der Waals surface area (Å²) in [7, 11) is 0. The van der Waals surface area contributed by atoms with Crippen molar-refractivity contribution >= 4 is 11.8 Å². The average molecular weight is 325 g/mol. The highest BCUT2D eigenvalue weighted by Gasteiger charge is 2.45. The van der Waals surface area contributed by atoms with E-state index < -0.39 is 6.09 Å². The van der Waals surface area contributed by atoms with Gasteiger partial charge in [-0.25, -0.2) is 4.79 Å². The van der Waals surface area contributed by atoms with E-state index in [1.54, 1.807) is 6.07 Å². The summed E-state index contributed by atoms with van der Waals surface area (Å²) in [6, 6.07) is 13.0. The molecule has 2 aromatic rings. The standard InChI is InChI=1S/C19H19NO4/c1-12-5-3-4-6-15(12)20-18(21)23-13-7-8-16-14(9-13)19(2)10-17(24-16)22-11-19/h3-9,17H,10-11H2,1-2H3,(H,20,21)/t17?,19-/m0/s1. The Morgan fingerprint density at radius 3 is 2.96 bits per heavy atom. The lowest BCUT2D eigenvalue weighted by molar-refractivity contribution is -0.0380. The number of hydrogen-bond donors (Lipinski definition) is 1. The van der Waals surface area contributed by atoms with Crippen molar-refractivity contribution in [2.75, 3.05) is 11.9 Å². The molecule has 0 radical (unpaired) electrons. The molecule has 1 saturated heterocycles. The number of amides is 1. The summed E-state index contributed by atoms with van der Waals surface area (Å²) >= 11 is 0. The van der Waals surface area contributed by atoms with Gasteiger partial charge in [0.2, 0.25) is 6.29 Å². The van der Waals surface area contributed by atoms with Gasteiger partial charge in [-0.2, -0.15) is 0 Å². The maximum absolute atomic E-state index is 12.2. The molecule has 0 aromatic heterocycles. The highest BCUT2D eigenvalue weighted by atomic mass is 16.7. The third-order valence-corrected chi connectivity index (χ3v) is 4.66. The summed E-state index contributed by atoms with van der Waals surface area (Å²) in [4.78, 5) is 12.2. The van der Waals surface area contributed by atoms with Gasteiger partial charge in [0, 0.05) is 23.1 Å². The van der Waals surface area contributed by atoms with E-state index in [9.17, 15) is 4.79 Å². The zero-order valence-electron chi connectivity index (χ0n) is 13.7. The van der Waals surface area contributed by atoms with Gasteiger partial charge in [0.05, 0.1) is 6.61 Å². The molecule has 2 atom stereocenters. The van der Waals surface area contributed by atoms with Gasteiger partial charge >= 0.3 is 6.09 Å². The fourth-order valence-corrected chi connectivity index (χ4v) is 3.27. The molecule has 1 N–H and O–H groups in total. The number of para-hydroxylation sites is 1. The Morgan fingerprint density at radius 2 is 2.12 bits per heavy atom. The fourth-order valence-electron chi connectivity index (χ4n) is 3.27. The molecule has 1 fully saturated rings. The Balaban J connectivity index is 1.53. The second kappa shape index (κ2) is 5.53. The first-order valence-electron chi connectivity index (χ1n) is 8.01. The Morgan fingerprint density at radius 1 is 1.29 bits per heavy atom. The lowest BCUT2D eigenvalue weighted by Gasteiger charge is -2.30. The third-order valence-electron chi connectivity index (χ3n) is 4.66. The number of benzene rings is 2. The van der Waals surface area contributed by atoms with Crippen LogP contribution in [-0.2, 0) is 10.2 Å². The Hall–Kier alpha value is -2.53. The first-order valence-corrected chi connectivity index (χ1v) is 8.01. The minimum Gasteiger partial charge on any atom is -0.465 e. The van der Waals surface area contributed by atoms with Crippen LogP contribution in [0.25, 0.3) is 0 Å². The number of rotatable bonds is 2. The average Bonchev–Trinajstić information content (AvgIpc) is 2.87. The normalized spacial score (nSPS) is 24.0. The fraction of sp³-hybridized carbons (Fsp3) is 0.316. The van der Waals surface area contributed by atoms with E-state index in [1.807, 2.05) is 43.3 Å². The van der Waals surface area contributed by atoms with E-state index in [0.29, 0.717) is 12.4 Å². The van der Waals surface area contributed by atoms with E-state index >= 15 is 0 Å². The zero-order valence-corrected chi connectivity index (χ0v) is 13.7. The number of fused-ring (bicyclic) bond motifs is 4. The molecule has 2 aliphatic rings. The van der Waals surface area contributed by atoms with Crippen molar-refractivity contribution in [2.45, 2.75) is 32.0 Å². The SMILES string of the molecule is Cc1ccccc1NC(=O)Oc1ccc2c(c1)[C@]1(C)COC(C1)O2. The van der Waals surface area contributed by atoms with Gasteiger partial charge in [-0.1, -0.05) is 25.1 Å². The molecule has 0 spiro atoms. The zero-order chi connectivity index (χ0) is 16.7. The molecule has 2 aliphatic heterocycles. The number of hydrogen-bond acceptors (Lipinski definition) is 4. The maximum atomic E-state index is 12.2. The number of carbonyl (C=O) groups is 1. The van der Waals surface area contributed by atoms with Crippen LogP contribution < -0.4 is 14.8 Å². The molecule has 1 unspecified atom stereocenters. The molecule has 2 bridgehead atoms. The van der Waals surface area contributed by atoms with Crippen molar-refractivity contribution in [3.05, 3.63) is 53.6 Å². The molecule has 5 nitrogen and oxygen atoms in total. The van der Waals surface area contributed by atoms with Crippen molar-refractivity contribution in [3.8, 4) is 11.5 Å². The lowest BCUT2D eigenvalue weighted by atomic mass is 9.80. The molecule has 1 amide bonds. The summed E-state index contributed by atoms with van der Waals surface area (Å²) < 4.78 is 16.9. The second-order valence-corrected chi connectivity index (χ2v) is 6.61. The van der Waals surface area contributed by atoms with Crippen molar-refractivity contribution in [1.82, 2.24) is 0 Å². The van der Waals surface area contributed by atoms with Crippen LogP contribution in [0.2, 0.25) is 0 Å². The number of carbonyl (C=O) groups excluding carboxylic acids is 1. The van der Waals surface area contributed by atoms with Crippen molar-refractivity contribution in [2.24, 2.45) is 0 Å². The van der Waals surface area contributed by atoms with E-state index in [2.05, 4.69) is 12.2 Å². The molecule has 124 valence electrons. The van der Waals surface area contributed by atoms with E-state index in [1.165, 1.54) is 0 Å². The minimum absolute atomic E-state index is 0.0931. The Labute approximate surface area is 140 Å². The van der Waals surface area contributed by atoms with E-state index in [-0.39, 0.29) is 11.7 Å². The van der Waals surface area contributed by atoms with Crippen LogP contribution in [0.3, 0.4) is 0 Å². The van der Waals surface area contributed by atoms with E-state index in [0.717, 1.165) is 29.0 Å². The number of anilines is 1. The Kier molecular flexibility index (Phi) is 3.46. The molecule has 24 heavy (non-hydrogen) atoms. The van der Waals surface area contributed by atoms with Crippen molar-refractivity contribution in [3.63, 3.8) is 0 Å². The number of nitrogens with one attached hydrogen (secondary N) is 1. The molecule has 2 aromatic carbocycles. The molecule has 2 heterocycles. The van der Waals surface area contributed by atoms with Crippen LogP contribution in [0.15, 0.2) is 42.5 Å². The summed E-state index contributed by atoms with van der Waals surface area (Å²) in [6.07, 6.45) is 0.143. The van der Waals surface area contributed by atoms with Gasteiger partial charge < -0.3 is 14.2 Å². The predicted octanol–water partition coefficient (Wildman–Crippen LogP) is 4.00. The first kappa shape index (κ1) is 15.0. The van der Waals surface area contributed by atoms with E-state index in [4.69, 9.17) is 14.2 Å². The van der Waals surface area contributed by atoms with Gasteiger partial charge in [0.1, 0.15) is 11.5 Å². The molecule has 5 heteroatoms. The van der Waals surface area contributed by atoms with Crippen LogP contribution in [0.1, 0.15) is 24.5 Å². The minimum atomic E-state index is -0.508. The van der Waals surface area contributed by atoms with Gasteiger partial charge in [0.15, 0.2) is 0 Å². The van der Waals surface area contributed by atoms with Crippen molar-refractivity contribution in [1.29, 1.82) is 0 Å². The van der Waals surface area contributed by atoms with Crippen LogP contribution >= 0.6 is 0 Å². The summed E-state index contributed by atoms with van der Waals surface area (Å²) in [5.74, 6) is 1.30. The number of ether oxygens (including phenoxy) is 3. The first-order chi connectivity index (χ1) is 11.5. The molecule has 4 rings (SSSR count). The summed E-state index contributed by atoms with van der Waals surface area (Å²) in [5.41, 5.74) is 2.65. The monoisotopic (exact) mass is 325 g/mol.